The number of alkyl halides is 3. The van der Waals surface area contributed by atoms with Gasteiger partial charge in [0, 0.05) is 29.8 Å². The summed E-state index contributed by atoms with van der Waals surface area (Å²) in [6.07, 6.45) is -3.67. The number of hydrogen-bond donors (Lipinski definition) is 1. The topological polar surface area (TPSA) is 71.3 Å². The number of rotatable bonds is 7. The van der Waals surface area contributed by atoms with E-state index in [9.17, 15) is 18.0 Å². The number of amides is 1. The molecule has 0 spiro atoms. The molecule has 0 saturated carbocycles. The van der Waals surface area contributed by atoms with E-state index in [0.717, 1.165) is 6.42 Å². The molecule has 0 bridgehead atoms. The Morgan fingerprint density at radius 2 is 1.89 bits per heavy atom. The summed E-state index contributed by atoms with van der Waals surface area (Å²) in [6, 6.07) is 6.35. The summed E-state index contributed by atoms with van der Waals surface area (Å²) in [6.45, 7) is 6.85. The lowest BCUT2D eigenvalue weighted by Crippen LogP contribution is -2.43. The van der Waals surface area contributed by atoms with Gasteiger partial charge in [-0.25, -0.2) is 0 Å². The standard InChI is InChI=1S/C18H23F3N4O2/c1-5-12(3)25(4)10-11(2)22-16(26)14-8-6-13(7-9-14)15-23-17(27-24-15)18(19,20)21/h6-9,11-12H,5,10H2,1-4H3,(H,22,26). The fourth-order valence-electron chi connectivity index (χ4n) is 2.50. The van der Waals surface area contributed by atoms with Crippen LogP contribution in [0.3, 0.4) is 0 Å². The van der Waals surface area contributed by atoms with Crippen molar-refractivity contribution in [1.29, 1.82) is 0 Å². The van der Waals surface area contributed by atoms with Gasteiger partial charge in [0.05, 0.1) is 0 Å². The van der Waals surface area contributed by atoms with Gasteiger partial charge < -0.3 is 14.7 Å². The highest BCUT2D eigenvalue weighted by molar-refractivity contribution is 5.94. The molecule has 6 nitrogen and oxygen atoms in total. The van der Waals surface area contributed by atoms with Gasteiger partial charge in [-0.2, -0.15) is 18.2 Å². The molecule has 148 valence electrons. The molecule has 2 atom stereocenters. The maximum Gasteiger partial charge on any atom is 0.471 e. The zero-order valence-electron chi connectivity index (χ0n) is 15.7. The van der Waals surface area contributed by atoms with E-state index >= 15 is 0 Å². The second-order valence-corrected chi connectivity index (χ2v) is 6.57. The van der Waals surface area contributed by atoms with E-state index in [1.807, 2.05) is 14.0 Å². The smallest absolute Gasteiger partial charge is 0.348 e. The third-order valence-corrected chi connectivity index (χ3v) is 4.36. The fraction of sp³-hybridized carbons (Fsp3) is 0.500. The molecule has 1 heterocycles. The van der Waals surface area contributed by atoms with E-state index in [4.69, 9.17) is 0 Å². The molecule has 0 radical (unpaired) electrons. The Bertz CT molecular complexity index is 759. The summed E-state index contributed by atoms with van der Waals surface area (Å²) in [4.78, 5) is 17.8. The highest BCUT2D eigenvalue weighted by atomic mass is 19.4. The molecule has 2 unspecified atom stereocenters. The first kappa shape index (κ1) is 20.9. The van der Waals surface area contributed by atoms with Gasteiger partial charge >= 0.3 is 12.1 Å². The molecule has 0 aliphatic rings. The van der Waals surface area contributed by atoms with Gasteiger partial charge in [-0.1, -0.05) is 24.2 Å². The Kier molecular flexibility index (Phi) is 6.59. The highest BCUT2D eigenvalue weighted by Crippen LogP contribution is 2.29. The van der Waals surface area contributed by atoms with Crippen LogP contribution in [0.25, 0.3) is 11.4 Å². The van der Waals surface area contributed by atoms with Crippen LogP contribution in [-0.4, -0.2) is 46.6 Å². The Labute approximate surface area is 155 Å². The van der Waals surface area contributed by atoms with E-state index in [1.165, 1.54) is 24.3 Å². The molecule has 27 heavy (non-hydrogen) atoms. The van der Waals surface area contributed by atoms with E-state index < -0.39 is 12.1 Å². The maximum absolute atomic E-state index is 12.5. The van der Waals surface area contributed by atoms with Crippen molar-refractivity contribution >= 4 is 5.91 Å². The zero-order chi connectivity index (χ0) is 20.2. The Hall–Kier alpha value is -2.42. The first-order valence-corrected chi connectivity index (χ1v) is 8.64. The minimum Gasteiger partial charge on any atom is -0.348 e. The average molecular weight is 384 g/mol. The number of benzene rings is 1. The van der Waals surface area contributed by atoms with Gasteiger partial charge in [0.25, 0.3) is 5.91 Å². The summed E-state index contributed by atoms with van der Waals surface area (Å²) in [5.74, 6) is -1.84. The van der Waals surface area contributed by atoms with Gasteiger partial charge in [0.15, 0.2) is 0 Å². The third-order valence-electron chi connectivity index (χ3n) is 4.36. The second kappa shape index (κ2) is 8.51. The Morgan fingerprint density at radius 3 is 2.41 bits per heavy atom. The number of carbonyl (C=O) groups is 1. The predicted octanol–water partition coefficient (Wildman–Crippen LogP) is 3.60. The number of halogens is 3. The van der Waals surface area contributed by atoms with Gasteiger partial charge in [-0.3, -0.25) is 4.79 Å². The summed E-state index contributed by atoms with van der Waals surface area (Å²) in [5, 5.41) is 6.23. The van der Waals surface area contributed by atoms with Gasteiger partial charge in [-0.05, 0) is 39.4 Å². The van der Waals surface area contributed by atoms with Gasteiger partial charge in [0.2, 0.25) is 5.82 Å². The molecule has 1 aromatic heterocycles. The molecular weight excluding hydrogens is 361 g/mol. The largest absolute Gasteiger partial charge is 0.471 e. The SMILES string of the molecule is CCC(C)N(C)CC(C)NC(=O)c1ccc(-c2noc(C(F)(F)F)n2)cc1. The minimum atomic E-state index is -4.69. The first-order chi connectivity index (χ1) is 12.6. The molecule has 1 N–H and O–H groups in total. The number of likely N-dealkylation sites (N-methyl/N-ethyl adjacent to an activating group) is 1. The van der Waals surface area contributed by atoms with E-state index in [-0.39, 0.29) is 17.8 Å². The lowest BCUT2D eigenvalue weighted by molar-refractivity contribution is -0.159. The Morgan fingerprint density at radius 1 is 1.26 bits per heavy atom. The minimum absolute atomic E-state index is 0.0530. The van der Waals surface area contributed by atoms with Crippen LogP contribution in [0.1, 0.15) is 43.4 Å². The predicted molar refractivity (Wildman–Crippen MR) is 94.0 cm³/mol. The summed E-state index contributed by atoms with van der Waals surface area (Å²) < 4.78 is 41.8. The molecule has 0 aliphatic carbocycles. The van der Waals surface area contributed by atoms with Crippen LogP contribution >= 0.6 is 0 Å². The van der Waals surface area contributed by atoms with Crippen LogP contribution in [0.4, 0.5) is 13.2 Å². The van der Waals surface area contributed by atoms with Crippen LogP contribution in [0.15, 0.2) is 28.8 Å². The molecule has 9 heteroatoms. The van der Waals surface area contributed by atoms with Crippen molar-refractivity contribution in [3.63, 3.8) is 0 Å². The highest BCUT2D eigenvalue weighted by Gasteiger charge is 2.38. The summed E-state index contributed by atoms with van der Waals surface area (Å²) in [5.41, 5.74) is 0.728. The van der Waals surface area contributed by atoms with Crippen molar-refractivity contribution in [3.8, 4) is 11.4 Å². The normalized spacial score (nSPS) is 14.2. The second-order valence-electron chi connectivity index (χ2n) is 6.57. The van der Waals surface area contributed by atoms with Crippen molar-refractivity contribution in [3.05, 3.63) is 35.7 Å². The quantitative estimate of drug-likeness (QED) is 0.790. The lowest BCUT2D eigenvalue weighted by atomic mass is 10.1. The van der Waals surface area contributed by atoms with Crippen molar-refractivity contribution in [2.45, 2.75) is 45.5 Å². The fourth-order valence-corrected chi connectivity index (χ4v) is 2.50. The van der Waals surface area contributed by atoms with E-state index in [2.05, 4.69) is 38.7 Å². The number of nitrogens with one attached hydrogen (secondary N) is 1. The molecular formula is C18H23F3N4O2. The number of nitrogens with zero attached hydrogens (tertiary/aromatic N) is 3. The number of hydrogen-bond acceptors (Lipinski definition) is 5. The lowest BCUT2D eigenvalue weighted by Gasteiger charge is -2.27. The van der Waals surface area contributed by atoms with E-state index in [0.29, 0.717) is 23.7 Å². The Balaban J connectivity index is 2.00. The maximum atomic E-state index is 12.5. The summed E-state index contributed by atoms with van der Waals surface area (Å²) >= 11 is 0. The zero-order valence-corrected chi connectivity index (χ0v) is 15.7. The van der Waals surface area contributed by atoms with Crippen LogP contribution in [0, 0.1) is 0 Å². The van der Waals surface area contributed by atoms with E-state index in [1.54, 1.807) is 0 Å². The molecule has 0 saturated heterocycles. The van der Waals surface area contributed by atoms with Crippen molar-refractivity contribution in [2.24, 2.45) is 0 Å². The first-order valence-electron chi connectivity index (χ1n) is 8.64. The van der Waals surface area contributed by atoms with Crippen molar-refractivity contribution in [2.75, 3.05) is 13.6 Å². The number of aromatic nitrogens is 2. The van der Waals surface area contributed by atoms with Gasteiger partial charge in [0.1, 0.15) is 0 Å². The van der Waals surface area contributed by atoms with Gasteiger partial charge in [-0.15, -0.1) is 0 Å². The summed E-state index contributed by atoms with van der Waals surface area (Å²) in [7, 11) is 2.01. The van der Waals surface area contributed by atoms with Crippen LogP contribution in [0.2, 0.25) is 0 Å². The molecule has 2 rings (SSSR count). The number of carbonyl (C=O) groups excluding carboxylic acids is 1. The average Bonchev–Trinajstić information content (AvgIpc) is 3.11. The van der Waals surface area contributed by atoms with Crippen LogP contribution in [0.5, 0.6) is 0 Å². The molecule has 2 aromatic rings. The van der Waals surface area contributed by atoms with Crippen molar-refractivity contribution < 1.29 is 22.5 Å². The molecule has 0 aliphatic heterocycles. The monoisotopic (exact) mass is 384 g/mol. The van der Waals surface area contributed by atoms with Crippen LogP contribution < -0.4 is 5.32 Å². The van der Waals surface area contributed by atoms with Crippen molar-refractivity contribution in [1.82, 2.24) is 20.4 Å². The third kappa shape index (κ3) is 5.53. The molecule has 1 amide bonds. The van der Waals surface area contributed by atoms with Crippen LogP contribution in [-0.2, 0) is 6.18 Å². The molecule has 1 aromatic carbocycles. The molecule has 0 fully saturated rings.